The van der Waals surface area contributed by atoms with E-state index in [0.29, 0.717) is 5.56 Å². The average molecular weight is 578 g/mol. The Balaban J connectivity index is 1.32. The zero-order valence-electron chi connectivity index (χ0n) is 28.5. The van der Waals surface area contributed by atoms with Gasteiger partial charge in [-0.3, -0.25) is 0 Å². The molecule has 0 aliphatic rings. The highest BCUT2D eigenvalue weighted by Gasteiger charge is 2.16. The van der Waals surface area contributed by atoms with E-state index < -0.39 is 0 Å². The zero-order valence-corrected chi connectivity index (χ0v) is 24.5. The topological polar surface area (TPSA) is 3.24 Å². The van der Waals surface area contributed by atoms with E-state index in [1.807, 2.05) is 89.8 Å². The number of hydrogen-bond acceptors (Lipinski definition) is 1. The van der Waals surface area contributed by atoms with Gasteiger partial charge in [-0.1, -0.05) is 152 Å². The number of fused-ring (bicyclic) bond motifs is 2. The third-order valence-corrected chi connectivity index (χ3v) is 8.32. The van der Waals surface area contributed by atoms with Gasteiger partial charge < -0.3 is 4.90 Å². The van der Waals surface area contributed by atoms with E-state index >= 15 is 0 Å². The summed E-state index contributed by atoms with van der Waals surface area (Å²) in [5, 5.41) is 4.44. The lowest BCUT2D eigenvalue weighted by atomic mass is 9.90. The second-order valence-electron chi connectivity index (χ2n) is 11.1. The fourth-order valence-corrected chi connectivity index (χ4v) is 6.11. The molecule has 0 unspecified atom stereocenters. The maximum Gasteiger partial charge on any atom is 0.0645 e. The normalized spacial score (nSPS) is 12.4. The van der Waals surface area contributed by atoms with Crippen LogP contribution >= 0.6 is 0 Å². The second kappa shape index (κ2) is 11.6. The molecule has 8 rings (SSSR count). The van der Waals surface area contributed by atoms with Crippen molar-refractivity contribution in [2.75, 3.05) is 4.90 Å². The number of anilines is 3. The summed E-state index contributed by atoms with van der Waals surface area (Å²) in [6, 6.07) is 54.4. The van der Waals surface area contributed by atoms with Gasteiger partial charge in [0.1, 0.15) is 0 Å². The lowest BCUT2D eigenvalue weighted by Gasteiger charge is -2.26. The highest BCUT2D eigenvalue weighted by Crippen LogP contribution is 2.41. The van der Waals surface area contributed by atoms with Gasteiger partial charge in [-0.05, 0) is 91.3 Å². The van der Waals surface area contributed by atoms with Gasteiger partial charge in [-0.25, -0.2) is 0 Å². The Morgan fingerprint density at radius 2 is 0.933 bits per heavy atom. The molecule has 1 heteroatoms. The fourth-order valence-electron chi connectivity index (χ4n) is 6.11. The van der Waals surface area contributed by atoms with E-state index in [1.165, 1.54) is 10.8 Å². The van der Waals surface area contributed by atoms with Gasteiger partial charge in [0.05, 0.1) is 5.48 Å². The molecule has 45 heavy (non-hydrogen) atoms. The molecular formula is C44H31N. The Kier molecular flexibility index (Phi) is 5.84. The second-order valence-corrected chi connectivity index (χ2v) is 11.1. The molecule has 0 spiro atoms. The van der Waals surface area contributed by atoms with Gasteiger partial charge >= 0.3 is 0 Å². The number of benzene rings is 8. The van der Waals surface area contributed by atoms with Crippen molar-refractivity contribution < 1.29 is 5.48 Å². The monoisotopic (exact) mass is 577 g/mol. The van der Waals surface area contributed by atoms with Crippen molar-refractivity contribution in [2.45, 2.75) is 0 Å². The molecule has 0 saturated heterocycles. The Morgan fingerprint density at radius 3 is 1.67 bits per heavy atom. The molecule has 0 amide bonds. The van der Waals surface area contributed by atoms with Crippen LogP contribution in [0.4, 0.5) is 17.1 Å². The first-order valence-electron chi connectivity index (χ1n) is 17.1. The summed E-state index contributed by atoms with van der Waals surface area (Å²) in [6.45, 7) is 0. The molecule has 0 bridgehead atoms. The number of nitrogens with zero attached hydrogens (tertiary/aromatic N) is 1. The van der Waals surface area contributed by atoms with Gasteiger partial charge in [0.15, 0.2) is 0 Å². The lowest BCUT2D eigenvalue weighted by molar-refractivity contribution is 1.29. The third-order valence-electron chi connectivity index (χ3n) is 8.32. The van der Waals surface area contributed by atoms with Crippen LogP contribution in [0.3, 0.4) is 0 Å². The molecule has 0 aromatic heterocycles. The standard InChI is InChI=1S/C44H31N/c1-3-11-32(12-4-1)34-19-25-39(26-20-34)45(41-29-21-33-13-7-8-17-38(33)31-41)40-27-22-36(23-28-40)43-30-24-35-14-9-10-18-42(35)44(43)37-15-5-2-6-16-37/h1-31H/i19D,20D,25D,26D. The summed E-state index contributed by atoms with van der Waals surface area (Å²) in [5.41, 5.74) is 7.05. The molecule has 1 nitrogen and oxygen atoms in total. The Hall–Kier alpha value is -5.92. The summed E-state index contributed by atoms with van der Waals surface area (Å²) < 4.78 is 36.6. The molecular weight excluding hydrogens is 542 g/mol. The van der Waals surface area contributed by atoms with Crippen LogP contribution in [-0.4, -0.2) is 0 Å². The van der Waals surface area contributed by atoms with Crippen LogP contribution in [-0.2, 0) is 0 Å². The lowest BCUT2D eigenvalue weighted by Crippen LogP contribution is -2.09. The van der Waals surface area contributed by atoms with Crippen LogP contribution < -0.4 is 4.90 Å². The summed E-state index contributed by atoms with van der Waals surface area (Å²) >= 11 is 0. The van der Waals surface area contributed by atoms with Gasteiger partial charge in [0.25, 0.3) is 0 Å². The first kappa shape index (κ1) is 22.6. The van der Waals surface area contributed by atoms with E-state index in [2.05, 4.69) is 78.9 Å². The first-order valence-corrected chi connectivity index (χ1v) is 15.1. The van der Waals surface area contributed by atoms with Crippen LogP contribution in [0.1, 0.15) is 5.48 Å². The number of rotatable bonds is 6. The van der Waals surface area contributed by atoms with Crippen LogP contribution in [0.5, 0.6) is 0 Å². The van der Waals surface area contributed by atoms with Crippen molar-refractivity contribution in [3.63, 3.8) is 0 Å². The summed E-state index contributed by atoms with van der Waals surface area (Å²) in [4.78, 5) is 1.85. The minimum Gasteiger partial charge on any atom is -0.310 e. The van der Waals surface area contributed by atoms with Crippen molar-refractivity contribution in [3.05, 3.63) is 188 Å². The molecule has 0 radical (unpaired) electrons. The molecule has 0 fully saturated rings. The zero-order chi connectivity index (χ0) is 33.5. The maximum absolute atomic E-state index is 9.26. The van der Waals surface area contributed by atoms with Crippen molar-refractivity contribution in [1.29, 1.82) is 0 Å². The summed E-state index contributed by atoms with van der Waals surface area (Å²) in [6.07, 6.45) is 0. The molecule has 0 aliphatic heterocycles. The minimum atomic E-state index is -0.0991. The quantitative estimate of drug-likeness (QED) is 0.190. The van der Waals surface area contributed by atoms with Gasteiger partial charge in [0, 0.05) is 17.1 Å². The highest BCUT2D eigenvalue weighted by atomic mass is 15.1. The van der Waals surface area contributed by atoms with Crippen molar-refractivity contribution in [2.24, 2.45) is 0 Å². The van der Waals surface area contributed by atoms with Crippen molar-refractivity contribution in [1.82, 2.24) is 0 Å². The van der Waals surface area contributed by atoms with E-state index in [1.54, 1.807) is 0 Å². The van der Waals surface area contributed by atoms with Crippen LogP contribution in [0, 0.1) is 0 Å². The minimum absolute atomic E-state index is 0.0757. The fraction of sp³-hybridized carbons (Fsp3) is 0. The van der Waals surface area contributed by atoms with Gasteiger partial charge in [-0.2, -0.15) is 0 Å². The number of hydrogen-bond donors (Lipinski definition) is 0. The molecule has 0 heterocycles. The largest absolute Gasteiger partial charge is 0.310 e. The third kappa shape index (κ3) is 5.15. The van der Waals surface area contributed by atoms with Crippen LogP contribution in [0.2, 0.25) is 0 Å². The van der Waals surface area contributed by atoms with Crippen molar-refractivity contribution >= 4 is 38.6 Å². The molecule has 0 N–H and O–H groups in total. The Morgan fingerprint density at radius 1 is 0.356 bits per heavy atom. The molecule has 0 saturated carbocycles. The van der Waals surface area contributed by atoms with Gasteiger partial charge in [0.2, 0.25) is 0 Å². The van der Waals surface area contributed by atoms with Crippen LogP contribution in [0.15, 0.2) is 188 Å². The van der Waals surface area contributed by atoms with E-state index in [4.69, 9.17) is 2.74 Å². The molecule has 8 aromatic carbocycles. The summed E-state index contributed by atoms with van der Waals surface area (Å²) in [5.74, 6) is 0. The highest BCUT2D eigenvalue weighted by molar-refractivity contribution is 6.04. The van der Waals surface area contributed by atoms with E-state index in [-0.39, 0.29) is 35.4 Å². The predicted molar refractivity (Wildman–Crippen MR) is 192 cm³/mol. The smallest absolute Gasteiger partial charge is 0.0645 e. The summed E-state index contributed by atoms with van der Waals surface area (Å²) in [7, 11) is 0. The maximum atomic E-state index is 9.26. The SMILES string of the molecule is [2H]c1c([2H])c(N(c2ccc(-c3ccc4ccccc4c3-c3ccccc3)cc2)c2ccc3ccccc3c2)c([2H])c([2H])c1-c1ccccc1. The Labute approximate surface area is 269 Å². The predicted octanol–water partition coefficient (Wildman–Crippen LogP) is 12.5. The van der Waals surface area contributed by atoms with Crippen LogP contribution in [0.25, 0.3) is 54.9 Å². The van der Waals surface area contributed by atoms with E-state index in [9.17, 15) is 2.74 Å². The Bertz CT molecular complexity index is 2450. The molecule has 212 valence electrons. The van der Waals surface area contributed by atoms with Crippen molar-refractivity contribution in [3.8, 4) is 33.4 Å². The average Bonchev–Trinajstić information content (AvgIpc) is 3.16. The van der Waals surface area contributed by atoms with Gasteiger partial charge in [-0.15, -0.1) is 0 Å². The molecule has 0 atom stereocenters. The first-order chi connectivity index (χ1) is 24.0. The van der Waals surface area contributed by atoms with E-state index in [0.717, 1.165) is 44.4 Å². The molecule has 0 aliphatic carbocycles. The molecule has 8 aromatic rings.